The van der Waals surface area contributed by atoms with Gasteiger partial charge in [-0.2, -0.15) is 0 Å². The van der Waals surface area contributed by atoms with Gasteiger partial charge < -0.3 is 9.84 Å². The van der Waals surface area contributed by atoms with E-state index in [2.05, 4.69) is 10.3 Å². The molecule has 0 fully saturated rings. The second kappa shape index (κ2) is 8.30. The molecule has 3 aromatic rings. The molecule has 2 heterocycles. The van der Waals surface area contributed by atoms with Crippen molar-refractivity contribution in [2.45, 2.75) is 18.4 Å². The number of aromatic amines is 1. The lowest BCUT2D eigenvalue weighted by Crippen LogP contribution is -2.35. The lowest BCUT2D eigenvalue weighted by Gasteiger charge is -2.21. The summed E-state index contributed by atoms with van der Waals surface area (Å²) >= 11 is 0. The van der Waals surface area contributed by atoms with Crippen LogP contribution in [0, 0.1) is 0 Å². The highest BCUT2D eigenvalue weighted by molar-refractivity contribution is 5.31. The summed E-state index contributed by atoms with van der Waals surface area (Å²) in [5.74, 6) is 0.525. The third-order valence-electron chi connectivity index (χ3n) is 4.79. The first kappa shape index (κ1) is 18.9. The summed E-state index contributed by atoms with van der Waals surface area (Å²) < 4.78 is 6.96. The van der Waals surface area contributed by atoms with Crippen LogP contribution in [0.25, 0.3) is 0 Å². The van der Waals surface area contributed by atoms with E-state index in [1.165, 1.54) is 16.8 Å². The zero-order valence-electron chi connectivity index (χ0n) is 15.6. The molecule has 1 aliphatic rings. The maximum absolute atomic E-state index is 12.0. The minimum absolute atomic E-state index is 0.0612. The van der Waals surface area contributed by atoms with Gasteiger partial charge in [0.1, 0.15) is 11.9 Å². The van der Waals surface area contributed by atoms with Gasteiger partial charge in [-0.15, -0.1) is 0 Å². The number of ether oxygens (including phenoxy) is 1. The Hall–Kier alpha value is -3.42. The van der Waals surface area contributed by atoms with E-state index < -0.39 is 23.6 Å². The van der Waals surface area contributed by atoms with Crippen LogP contribution in [0.4, 0.5) is 0 Å². The van der Waals surface area contributed by atoms with E-state index >= 15 is 0 Å². The summed E-state index contributed by atoms with van der Waals surface area (Å²) in [4.78, 5) is 25.4. The summed E-state index contributed by atoms with van der Waals surface area (Å²) in [6, 6.07) is 21.2. The highest BCUT2D eigenvalue weighted by atomic mass is 16.5. The van der Waals surface area contributed by atoms with Crippen LogP contribution in [0.5, 0.6) is 0 Å². The molecule has 3 N–H and O–H groups in total. The minimum atomic E-state index is -0.998. The highest BCUT2D eigenvalue weighted by Gasteiger charge is 2.30. The number of benzene rings is 2. The molecule has 0 saturated heterocycles. The molecule has 29 heavy (non-hydrogen) atoms. The fraction of sp³-hybridized carbons (Fsp3) is 0.182. The number of aromatic nitrogens is 2. The molecule has 0 radical (unpaired) electrons. The number of nitrogens with zero attached hydrogens (tertiary/aromatic N) is 1. The zero-order chi connectivity index (χ0) is 20.2. The second-order valence-electron chi connectivity index (χ2n) is 6.78. The summed E-state index contributed by atoms with van der Waals surface area (Å²) in [5.41, 5.74) is 1.08. The van der Waals surface area contributed by atoms with Crippen LogP contribution in [0.2, 0.25) is 0 Å². The first-order valence-electron chi connectivity index (χ1n) is 9.32. The average Bonchev–Trinajstić information content (AvgIpc) is 3.10. The second-order valence-corrected chi connectivity index (χ2v) is 6.78. The number of H-pyrrole nitrogens is 1. The van der Waals surface area contributed by atoms with Crippen LogP contribution >= 0.6 is 0 Å². The van der Waals surface area contributed by atoms with E-state index in [9.17, 15) is 14.7 Å². The lowest BCUT2D eigenvalue weighted by atomic mass is 9.99. The first-order valence-corrected chi connectivity index (χ1v) is 9.32. The van der Waals surface area contributed by atoms with Crippen LogP contribution in [0.3, 0.4) is 0 Å². The molecule has 1 aromatic heterocycles. The standard InChI is InChI=1S/C22H21N3O4/c26-18-13-17(29-21(18)25-12-11-19(27)24-22(25)28)14-23-20(15-7-3-1-4-8-15)16-9-5-2-6-10-16/h1-13,18,20-21,23,26H,14H2,(H,24,27,28)/t18-,21-/m1/s1. The lowest BCUT2D eigenvalue weighted by molar-refractivity contribution is -0.00421. The SMILES string of the molecule is O=c1ccn([C@@H]2OC(CNC(c3ccccc3)c3ccccc3)=C[C@H]2O)c(=O)[nH]1. The molecule has 7 heteroatoms. The molecule has 0 saturated carbocycles. The van der Waals surface area contributed by atoms with Crippen molar-refractivity contribution in [1.82, 2.24) is 14.9 Å². The highest BCUT2D eigenvalue weighted by Crippen LogP contribution is 2.27. The fourth-order valence-electron chi connectivity index (χ4n) is 3.41. The molecule has 148 valence electrons. The van der Waals surface area contributed by atoms with E-state index in [4.69, 9.17) is 4.74 Å². The van der Waals surface area contributed by atoms with Crippen LogP contribution < -0.4 is 16.6 Å². The molecule has 4 rings (SSSR count). The van der Waals surface area contributed by atoms with Crippen LogP contribution in [-0.2, 0) is 4.74 Å². The van der Waals surface area contributed by atoms with Gasteiger partial charge >= 0.3 is 5.69 Å². The van der Waals surface area contributed by atoms with Gasteiger partial charge in [-0.25, -0.2) is 4.79 Å². The zero-order valence-corrected chi connectivity index (χ0v) is 15.6. The minimum Gasteiger partial charge on any atom is -0.470 e. The fourth-order valence-corrected chi connectivity index (χ4v) is 3.41. The maximum Gasteiger partial charge on any atom is 0.331 e. The van der Waals surface area contributed by atoms with Gasteiger partial charge in [0.05, 0.1) is 12.6 Å². The van der Waals surface area contributed by atoms with E-state index in [0.717, 1.165) is 11.1 Å². The molecule has 0 aliphatic carbocycles. The van der Waals surface area contributed by atoms with E-state index in [1.54, 1.807) is 6.08 Å². The van der Waals surface area contributed by atoms with Crippen molar-refractivity contribution < 1.29 is 9.84 Å². The average molecular weight is 391 g/mol. The third-order valence-corrected chi connectivity index (χ3v) is 4.79. The van der Waals surface area contributed by atoms with Crippen molar-refractivity contribution in [3.8, 4) is 0 Å². The predicted molar refractivity (Wildman–Crippen MR) is 108 cm³/mol. The number of aliphatic hydroxyl groups is 1. The first-order chi connectivity index (χ1) is 14.1. The number of nitrogens with one attached hydrogen (secondary N) is 2. The van der Waals surface area contributed by atoms with Gasteiger partial charge in [-0.1, -0.05) is 60.7 Å². The number of hydrogen-bond donors (Lipinski definition) is 3. The number of hydrogen-bond acceptors (Lipinski definition) is 5. The van der Waals surface area contributed by atoms with Crippen molar-refractivity contribution in [2.24, 2.45) is 0 Å². The van der Waals surface area contributed by atoms with Crippen molar-refractivity contribution in [3.05, 3.63) is 117 Å². The Morgan fingerprint density at radius 1 is 1.00 bits per heavy atom. The molecular formula is C22H21N3O4. The summed E-state index contributed by atoms with van der Waals surface area (Å²) in [7, 11) is 0. The molecule has 0 amide bonds. The van der Waals surface area contributed by atoms with E-state index in [-0.39, 0.29) is 6.04 Å². The van der Waals surface area contributed by atoms with Gasteiger partial charge in [0.2, 0.25) is 6.23 Å². The van der Waals surface area contributed by atoms with Gasteiger partial charge in [0.15, 0.2) is 0 Å². The summed E-state index contributed by atoms with van der Waals surface area (Å²) in [6.07, 6.45) is 0.975. The van der Waals surface area contributed by atoms with Gasteiger partial charge in [-0.3, -0.25) is 19.7 Å². The van der Waals surface area contributed by atoms with Crippen molar-refractivity contribution in [2.75, 3.05) is 6.54 Å². The smallest absolute Gasteiger partial charge is 0.331 e. The molecular weight excluding hydrogens is 370 g/mol. The van der Waals surface area contributed by atoms with Crippen LogP contribution in [-0.4, -0.2) is 27.3 Å². The molecule has 0 spiro atoms. The molecule has 1 aliphatic heterocycles. The largest absolute Gasteiger partial charge is 0.470 e. The summed E-state index contributed by atoms with van der Waals surface area (Å²) in [5, 5.41) is 13.8. The Bertz CT molecular complexity index is 1070. The molecule has 0 unspecified atom stereocenters. The normalized spacial score (nSPS) is 18.5. The van der Waals surface area contributed by atoms with Crippen molar-refractivity contribution >= 4 is 0 Å². The Labute approximate surface area is 166 Å². The quantitative estimate of drug-likeness (QED) is 0.594. The van der Waals surface area contributed by atoms with Crippen LogP contribution in [0.15, 0.2) is 94.4 Å². The Balaban J connectivity index is 1.50. The van der Waals surface area contributed by atoms with Crippen molar-refractivity contribution in [1.29, 1.82) is 0 Å². The van der Waals surface area contributed by atoms with Gasteiger partial charge in [-0.05, 0) is 17.2 Å². The van der Waals surface area contributed by atoms with E-state index in [1.807, 2.05) is 60.7 Å². The maximum atomic E-state index is 12.0. The topological polar surface area (TPSA) is 96.3 Å². The Morgan fingerprint density at radius 3 is 2.21 bits per heavy atom. The molecule has 7 nitrogen and oxygen atoms in total. The van der Waals surface area contributed by atoms with Crippen LogP contribution in [0.1, 0.15) is 23.4 Å². The van der Waals surface area contributed by atoms with Gasteiger partial charge in [0.25, 0.3) is 5.56 Å². The Kier molecular flexibility index (Phi) is 5.41. The number of rotatable bonds is 6. The van der Waals surface area contributed by atoms with Gasteiger partial charge in [0, 0.05) is 12.3 Å². The molecule has 0 bridgehead atoms. The monoisotopic (exact) mass is 391 g/mol. The predicted octanol–water partition coefficient (Wildman–Crippen LogP) is 1.69. The van der Waals surface area contributed by atoms with Crippen molar-refractivity contribution in [3.63, 3.8) is 0 Å². The molecule has 2 atom stereocenters. The Morgan fingerprint density at radius 2 is 1.62 bits per heavy atom. The third kappa shape index (κ3) is 4.21. The molecule has 2 aromatic carbocycles. The summed E-state index contributed by atoms with van der Waals surface area (Å²) in [6.45, 7) is 0.361. The number of aliphatic hydroxyl groups excluding tert-OH is 1. The van der Waals surface area contributed by atoms with E-state index in [0.29, 0.717) is 12.3 Å².